The minimum Gasteiger partial charge on any atom is -0.426 e. The standard InChI is InChI=1S/C14H19NO3/c1-10(2)8-9-15-14(17)12-6-4-5-7-13(12)18-11(3)16/h4-7,10H,8-9H2,1-3H3,(H,15,17). The SMILES string of the molecule is CC(=O)Oc1ccccc1C(=O)NCCC(C)C. The van der Waals surface area contributed by atoms with Crippen molar-refractivity contribution in [3.63, 3.8) is 0 Å². The Kier molecular flexibility index (Phi) is 5.36. The van der Waals surface area contributed by atoms with Crippen LogP contribution in [0, 0.1) is 5.92 Å². The van der Waals surface area contributed by atoms with Gasteiger partial charge in [0.1, 0.15) is 5.75 Å². The third-order valence-electron chi connectivity index (χ3n) is 2.39. The van der Waals surface area contributed by atoms with Crippen molar-refractivity contribution in [3.05, 3.63) is 29.8 Å². The molecule has 0 aliphatic rings. The van der Waals surface area contributed by atoms with Crippen molar-refractivity contribution in [1.29, 1.82) is 0 Å². The summed E-state index contributed by atoms with van der Waals surface area (Å²) in [7, 11) is 0. The number of rotatable bonds is 5. The van der Waals surface area contributed by atoms with Gasteiger partial charge in [-0.3, -0.25) is 9.59 Å². The molecule has 4 heteroatoms. The number of hydrogen-bond acceptors (Lipinski definition) is 3. The van der Waals surface area contributed by atoms with Crippen molar-refractivity contribution in [1.82, 2.24) is 5.32 Å². The fourth-order valence-electron chi connectivity index (χ4n) is 1.47. The van der Waals surface area contributed by atoms with E-state index in [1.54, 1.807) is 24.3 Å². The zero-order chi connectivity index (χ0) is 13.5. The quantitative estimate of drug-likeness (QED) is 0.644. The molecule has 1 aromatic carbocycles. The van der Waals surface area contributed by atoms with Gasteiger partial charge >= 0.3 is 5.97 Å². The van der Waals surface area contributed by atoms with Crippen LogP contribution in [0.3, 0.4) is 0 Å². The summed E-state index contributed by atoms with van der Waals surface area (Å²) in [5.74, 6) is 0.186. The fraction of sp³-hybridized carbons (Fsp3) is 0.429. The second-order valence-corrected chi connectivity index (χ2v) is 4.53. The second-order valence-electron chi connectivity index (χ2n) is 4.53. The van der Waals surface area contributed by atoms with E-state index < -0.39 is 5.97 Å². The summed E-state index contributed by atoms with van der Waals surface area (Å²) in [4.78, 5) is 22.9. The number of nitrogens with one attached hydrogen (secondary N) is 1. The molecule has 1 aromatic rings. The predicted octanol–water partition coefficient (Wildman–Crippen LogP) is 2.39. The number of para-hydroxylation sites is 1. The lowest BCUT2D eigenvalue weighted by Gasteiger charge is -2.10. The Balaban J connectivity index is 2.69. The third kappa shape index (κ3) is 4.57. The molecule has 0 atom stereocenters. The third-order valence-corrected chi connectivity index (χ3v) is 2.39. The summed E-state index contributed by atoms with van der Waals surface area (Å²) in [6.45, 7) is 6.12. The van der Waals surface area contributed by atoms with E-state index in [0.29, 0.717) is 23.8 Å². The van der Waals surface area contributed by atoms with E-state index in [9.17, 15) is 9.59 Å². The van der Waals surface area contributed by atoms with Crippen LogP contribution in [0.25, 0.3) is 0 Å². The fourth-order valence-corrected chi connectivity index (χ4v) is 1.47. The van der Waals surface area contributed by atoms with Gasteiger partial charge in [0.2, 0.25) is 0 Å². The summed E-state index contributed by atoms with van der Waals surface area (Å²) in [6, 6.07) is 6.72. The molecule has 1 rings (SSSR count). The van der Waals surface area contributed by atoms with Crippen LogP contribution in [0.1, 0.15) is 37.6 Å². The highest BCUT2D eigenvalue weighted by molar-refractivity contribution is 5.97. The maximum atomic E-state index is 11.9. The first-order valence-electron chi connectivity index (χ1n) is 6.06. The molecule has 0 unspecified atom stereocenters. The van der Waals surface area contributed by atoms with Gasteiger partial charge in [-0.05, 0) is 24.5 Å². The number of ether oxygens (including phenoxy) is 1. The van der Waals surface area contributed by atoms with Crippen LogP contribution in [-0.4, -0.2) is 18.4 Å². The first-order valence-corrected chi connectivity index (χ1v) is 6.06. The molecule has 0 radical (unpaired) electrons. The topological polar surface area (TPSA) is 55.4 Å². The number of carbonyl (C=O) groups excluding carboxylic acids is 2. The van der Waals surface area contributed by atoms with Crippen LogP contribution >= 0.6 is 0 Å². The van der Waals surface area contributed by atoms with Crippen LogP contribution in [-0.2, 0) is 4.79 Å². The molecule has 0 spiro atoms. The molecule has 18 heavy (non-hydrogen) atoms. The average Bonchev–Trinajstić information content (AvgIpc) is 2.28. The molecule has 0 fully saturated rings. The first kappa shape index (κ1) is 14.2. The van der Waals surface area contributed by atoms with Crippen LogP contribution in [0.2, 0.25) is 0 Å². The minimum atomic E-state index is -0.433. The zero-order valence-electron chi connectivity index (χ0n) is 11.0. The summed E-state index contributed by atoms with van der Waals surface area (Å²) in [6.07, 6.45) is 0.918. The maximum absolute atomic E-state index is 11.9. The van der Waals surface area contributed by atoms with Crippen molar-refractivity contribution in [2.45, 2.75) is 27.2 Å². The Bertz CT molecular complexity index is 427. The molecule has 0 aliphatic heterocycles. The summed E-state index contributed by atoms with van der Waals surface area (Å²) < 4.78 is 4.99. The molecule has 1 N–H and O–H groups in total. The van der Waals surface area contributed by atoms with Crippen LogP contribution in [0.5, 0.6) is 5.75 Å². The van der Waals surface area contributed by atoms with E-state index >= 15 is 0 Å². The smallest absolute Gasteiger partial charge is 0.308 e. The normalized spacial score (nSPS) is 10.2. The largest absolute Gasteiger partial charge is 0.426 e. The van der Waals surface area contributed by atoms with Crippen molar-refractivity contribution in [3.8, 4) is 5.75 Å². The Morgan fingerprint density at radius 2 is 1.94 bits per heavy atom. The highest BCUT2D eigenvalue weighted by Crippen LogP contribution is 2.17. The van der Waals surface area contributed by atoms with Crippen molar-refractivity contribution in [2.75, 3.05) is 6.54 Å². The van der Waals surface area contributed by atoms with Crippen LogP contribution in [0.4, 0.5) is 0 Å². The van der Waals surface area contributed by atoms with Gasteiger partial charge in [-0.25, -0.2) is 0 Å². The van der Waals surface area contributed by atoms with Gasteiger partial charge in [0.15, 0.2) is 0 Å². The van der Waals surface area contributed by atoms with Crippen molar-refractivity contribution in [2.24, 2.45) is 5.92 Å². The van der Waals surface area contributed by atoms with Gasteiger partial charge in [0.05, 0.1) is 5.56 Å². The number of carbonyl (C=O) groups is 2. The van der Waals surface area contributed by atoms with E-state index in [1.165, 1.54) is 6.92 Å². The van der Waals surface area contributed by atoms with Crippen molar-refractivity contribution >= 4 is 11.9 Å². The Labute approximate surface area is 107 Å². The van der Waals surface area contributed by atoms with E-state index in [2.05, 4.69) is 19.2 Å². The first-order chi connectivity index (χ1) is 8.50. The molecule has 0 saturated heterocycles. The molecule has 0 saturated carbocycles. The van der Waals surface area contributed by atoms with Gasteiger partial charge in [-0.2, -0.15) is 0 Å². The minimum absolute atomic E-state index is 0.215. The predicted molar refractivity (Wildman–Crippen MR) is 69.5 cm³/mol. The molecule has 98 valence electrons. The van der Waals surface area contributed by atoms with Crippen LogP contribution in [0.15, 0.2) is 24.3 Å². The second kappa shape index (κ2) is 6.79. The van der Waals surface area contributed by atoms with E-state index in [-0.39, 0.29) is 5.91 Å². The average molecular weight is 249 g/mol. The summed E-state index contributed by atoms with van der Waals surface area (Å²) >= 11 is 0. The van der Waals surface area contributed by atoms with E-state index in [4.69, 9.17) is 4.74 Å². The number of benzene rings is 1. The molecular weight excluding hydrogens is 230 g/mol. The van der Waals surface area contributed by atoms with Crippen LogP contribution < -0.4 is 10.1 Å². The number of esters is 1. The Morgan fingerprint density at radius 3 is 2.56 bits per heavy atom. The maximum Gasteiger partial charge on any atom is 0.308 e. The highest BCUT2D eigenvalue weighted by atomic mass is 16.5. The van der Waals surface area contributed by atoms with Crippen molar-refractivity contribution < 1.29 is 14.3 Å². The van der Waals surface area contributed by atoms with Gasteiger partial charge in [-0.1, -0.05) is 26.0 Å². The lowest BCUT2D eigenvalue weighted by atomic mass is 10.1. The van der Waals surface area contributed by atoms with Gasteiger partial charge < -0.3 is 10.1 Å². The highest BCUT2D eigenvalue weighted by Gasteiger charge is 2.12. The lowest BCUT2D eigenvalue weighted by molar-refractivity contribution is -0.131. The number of hydrogen-bond donors (Lipinski definition) is 1. The lowest BCUT2D eigenvalue weighted by Crippen LogP contribution is -2.26. The van der Waals surface area contributed by atoms with E-state index in [1.807, 2.05) is 0 Å². The molecular formula is C14H19NO3. The molecule has 1 amide bonds. The monoisotopic (exact) mass is 249 g/mol. The summed E-state index contributed by atoms with van der Waals surface area (Å²) in [5, 5.41) is 2.81. The molecule has 0 aliphatic carbocycles. The van der Waals surface area contributed by atoms with E-state index in [0.717, 1.165) is 6.42 Å². The van der Waals surface area contributed by atoms with Gasteiger partial charge in [0, 0.05) is 13.5 Å². The summed E-state index contributed by atoms with van der Waals surface area (Å²) in [5.41, 5.74) is 0.386. The zero-order valence-corrected chi connectivity index (χ0v) is 11.0. The number of amides is 1. The molecule has 0 heterocycles. The Morgan fingerprint density at radius 1 is 1.28 bits per heavy atom. The Hall–Kier alpha value is -1.84. The molecule has 0 bridgehead atoms. The molecule has 0 aromatic heterocycles. The molecule has 4 nitrogen and oxygen atoms in total. The van der Waals surface area contributed by atoms with Gasteiger partial charge in [0.25, 0.3) is 5.91 Å². The van der Waals surface area contributed by atoms with Gasteiger partial charge in [-0.15, -0.1) is 0 Å².